The van der Waals surface area contributed by atoms with Gasteiger partial charge < -0.3 is 10.4 Å². The van der Waals surface area contributed by atoms with Crippen molar-refractivity contribution in [1.29, 1.82) is 0 Å². The van der Waals surface area contributed by atoms with E-state index in [2.05, 4.69) is 10.3 Å². The average Bonchev–Trinajstić information content (AvgIpc) is 2.89. The third-order valence-corrected chi connectivity index (χ3v) is 4.40. The number of aromatic nitrogens is 1. The molecule has 0 radical (unpaired) electrons. The van der Waals surface area contributed by atoms with Crippen LogP contribution in [-0.4, -0.2) is 22.1 Å². The molecule has 2 aromatic carbocycles. The average molecular weight is 322 g/mol. The number of nitrogens with one attached hydrogen (secondary N) is 1. The van der Waals surface area contributed by atoms with Crippen LogP contribution in [0.25, 0.3) is 10.9 Å². The lowest BCUT2D eigenvalue weighted by Crippen LogP contribution is -2.34. The molecule has 0 saturated carbocycles. The van der Waals surface area contributed by atoms with Gasteiger partial charge >= 0.3 is 0 Å². The molecule has 0 aliphatic heterocycles. The molecule has 1 heterocycles. The van der Waals surface area contributed by atoms with Crippen LogP contribution in [0.5, 0.6) is 0 Å². The number of aliphatic hydroxyl groups excluding tert-OH is 1. The molecule has 0 fully saturated rings. The molecule has 4 nitrogen and oxygen atoms in total. The topological polar surface area (TPSA) is 62.2 Å². The Morgan fingerprint density at radius 3 is 2.92 bits per heavy atom. The van der Waals surface area contributed by atoms with Gasteiger partial charge in [-0.2, -0.15) is 0 Å². The molecule has 0 spiro atoms. The highest BCUT2D eigenvalue weighted by Gasteiger charge is 2.32. The summed E-state index contributed by atoms with van der Waals surface area (Å²) >= 11 is 0. The highest BCUT2D eigenvalue weighted by molar-refractivity contribution is 6.05. The van der Waals surface area contributed by atoms with E-state index in [1.807, 2.05) is 24.3 Å². The molecular formula is C19H15FN2O2. The number of nitrogens with zero attached hydrogens (tertiary/aromatic N) is 1. The maximum absolute atomic E-state index is 13.8. The van der Waals surface area contributed by atoms with Gasteiger partial charge in [-0.25, -0.2) is 4.39 Å². The molecule has 1 aromatic heterocycles. The maximum atomic E-state index is 13.8. The van der Waals surface area contributed by atoms with E-state index in [1.54, 1.807) is 18.3 Å². The molecule has 1 aliphatic rings. The van der Waals surface area contributed by atoms with E-state index in [4.69, 9.17) is 0 Å². The Morgan fingerprint density at radius 2 is 2.04 bits per heavy atom. The largest absolute Gasteiger partial charge is 0.390 e. The van der Waals surface area contributed by atoms with E-state index in [9.17, 15) is 14.3 Å². The van der Waals surface area contributed by atoms with E-state index in [-0.39, 0.29) is 5.56 Å². The van der Waals surface area contributed by atoms with Crippen molar-refractivity contribution >= 4 is 16.8 Å². The zero-order chi connectivity index (χ0) is 16.7. The number of fused-ring (bicyclic) bond motifs is 2. The van der Waals surface area contributed by atoms with Gasteiger partial charge in [-0.05, 0) is 29.3 Å². The Hall–Kier alpha value is -2.79. The summed E-state index contributed by atoms with van der Waals surface area (Å²) in [6, 6.07) is 13.0. The first-order valence-corrected chi connectivity index (χ1v) is 7.74. The van der Waals surface area contributed by atoms with Crippen molar-refractivity contribution in [2.75, 3.05) is 0 Å². The van der Waals surface area contributed by atoms with Gasteiger partial charge in [0.15, 0.2) is 0 Å². The zero-order valence-electron chi connectivity index (χ0n) is 12.7. The molecule has 120 valence electrons. The number of aliphatic hydroxyl groups is 1. The van der Waals surface area contributed by atoms with Gasteiger partial charge in [0.05, 0.1) is 23.2 Å². The van der Waals surface area contributed by atoms with Crippen molar-refractivity contribution < 1.29 is 14.3 Å². The van der Waals surface area contributed by atoms with E-state index >= 15 is 0 Å². The highest BCUT2D eigenvalue weighted by atomic mass is 19.1. The Labute approximate surface area is 138 Å². The fourth-order valence-electron chi connectivity index (χ4n) is 3.30. The summed E-state index contributed by atoms with van der Waals surface area (Å²) in [5, 5.41) is 13.7. The molecule has 5 heteroatoms. The number of rotatable bonds is 2. The van der Waals surface area contributed by atoms with Gasteiger partial charge in [-0.3, -0.25) is 9.78 Å². The lowest BCUT2D eigenvalue weighted by atomic mass is 10.1. The number of pyridine rings is 1. The zero-order valence-corrected chi connectivity index (χ0v) is 12.7. The summed E-state index contributed by atoms with van der Waals surface area (Å²) in [6.07, 6.45) is 1.36. The van der Waals surface area contributed by atoms with Crippen molar-refractivity contribution in [3.05, 3.63) is 77.2 Å². The molecule has 2 atom stereocenters. The Bertz CT molecular complexity index is 942. The lowest BCUT2D eigenvalue weighted by Gasteiger charge is -2.18. The number of amides is 1. The summed E-state index contributed by atoms with van der Waals surface area (Å²) in [4.78, 5) is 16.9. The Kier molecular flexibility index (Phi) is 3.50. The van der Waals surface area contributed by atoms with Gasteiger partial charge in [0, 0.05) is 18.0 Å². The number of halogens is 1. The maximum Gasteiger partial charge on any atom is 0.254 e. The van der Waals surface area contributed by atoms with Crippen molar-refractivity contribution in [1.82, 2.24) is 10.3 Å². The number of hydrogen-bond acceptors (Lipinski definition) is 3. The molecule has 1 aliphatic carbocycles. The molecule has 0 saturated heterocycles. The number of hydrogen-bond donors (Lipinski definition) is 2. The van der Waals surface area contributed by atoms with Gasteiger partial charge in [0.2, 0.25) is 0 Å². The van der Waals surface area contributed by atoms with E-state index < -0.39 is 23.9 Å². The first kappa shape index (κ1) is 14.8. The summed E-state index contributed by atoms with van der Waals surface area (Å²) in [7, 11) is 0. The molecule has 24 heavy (non-hydrogen) atoms. The van der Waals surface area contributed by atoms with Crippen LogP contribution in [0, 0.1) is 5.82 Å². The second kappa shape index (κ2) is 5.69. The van der Waals surface area contributed by atoms with Crippen LogP contribution < -0.4 is 5.32 Å². The second-order valence-corrected chi connectivity index (χ2v) is 5.95. The van der Waals surface area contributed by atoms with Crippen LogP contribution in [0.1, 0.15) is 27.5 Å². The Morgan fingerprint density at radius 1 is 1.21 bits per heavy atom. The van der Waals surface area contributed by atoms with Gasteiger partial charge in [0.1, 0.15) is 5.82 Å². The molecule has 0 unspecified atom stereocenters. The fourth-order valence-corrected chi connectivity index (χ4v) is 3.30. The van der Waals surface area contributed by atoms with E-state index in [0.717, 1.165) is 11.1 Å². The monoisotopic (exact) mass is 322 g/mol. The van der Waals surface area contributed by atoms with Crippen molar-refractivity contribution in [3.63, 3.8) is 0 Å². The number of carbonyl (C=O) groups excluding carboxylic acids is 1. The molecular weight excluding hydrogens is 307 g/mol. The molecule has 2 N–H and O–H groups in total. The third kappa shape index (κ3) is 2.43. The van der Waals surface area contributed by atoms with Gasteiger partial charge in [0.25, 0.3) is 5.91 Å². The minimum absolute atomic E-state index is 0.169. The quantitative estimate of drug-likeness (QED) is 0.762. The Balaban J connectivity index is 1.71. The van der Waals surface area contributed by atoms with Crippen LogP contribution in [0.4, 0.5) is 4.39 Å². The van der Waals surface area contributed by atoms with Crippen LogP contribution >= 0.6 is 0 Å². The number of carbonyl (C=O) groups is 1. The third-order valence-electron chi connectivity index (χ3n) is 4.40. The highest BCUT2D eigenvalue weighted by Crippen LogP contribution is 2.31. The second-order valence-electron chi connectivity index (χ2n) is 5.95. The lowest BCUT2D eigenvalue weighted by molar-refractivity contribution is 0.0859. The smallest absolute Gasteiger partial charge is 0.254 e. The standard InChI is InChI=1S/C19H15FN2O2/c20-13-8-12-5-3-7-21-17(12)15(10-13)19(24)22-18-14-6-2-1-4-11(14)9-16(18)23/h1-8,10,16,18,23H,9H2,(H,22,24)/t16-,18+/m1/s1. The first-order valence-electron chi connectivity index (χ1n) is 7.74. The molecule has 3 aromatic rings. The summed E-state index contributed by atoms with van der Waals surface area (Å²) in [5.41, 5.74) is 2.52. The predicted molar refractivity (Wildman–Crippen MR) is 88.1 cm³/mol. The van der Waals surface area contributed by atoms with Gasteiger partial charge in [-0.1, -0.05) is 30.3 Å². The van der Waals surface area contributed by atoms with Crippen LogP contribution in [0.3, 0.4) is 0 Å². The van der Waals surface area contributed by atoms with Crippen molar-refractivity contribution in [3.8, 4) is 0 Å². The predicted octanol–water partition coefficient (Wildman–Crippen LogP) is 2.76. The van der Waals surface area contributed by atoms with Crippen molar-refractivity contribution in [2.24, 2.45) is 0 Å². The normalized spacial score (nSPS) is 19.2. The minimum Gasteiger partial charge on any atom is -0.390 e. The van der Waals surface area contributed by atoms with Gasteiger partial charge in [-0.15, -0.1) is 0 Å². The summed E-state index contributed by atoms with van der Waals surface area (Å²) in [6.45, 7) is 0. The summed E-state index contributed by atoms with van der Waals surface area (Å²) in [5.74, 6) is -0.938. The first-order chi connectivity index (χ1) is 11.6. The minimum atomic E-state index is -0.695. The van der Waals surface area contributed by atoms with E-state index in [0.29, 0.717) is 17.3 Å². The fraction of sp³-hybridized carbons (Fsp3) is 0.158. The molecule has 4 rings (SSSR count). The van der Waals surface area contributed by atoms with E-state index in [1.165, 1.54) is 12.1 Å². The SMILES string of the molecule is O=C(N[C@H]1c2ccccc2C[C@H]1O)c1cc(F)cc2cccnc12. The molecule has 1 amide bonds. The van der Waals surface area contributed by atoms with Crippen LogP contribution in [-0.2, 0) is 6.42 Å². The van der Waals surface area contributed by atoms with Crippen LogP contribution in [0.15, 0.2) is 54.7 Å². The number of benzene rings is 2. The molecule has 0 bridgehead atoms. The van der Waals surface area contributed by atoms with Crippen molar-refractivity contribution in [2.45, 2.75) is 18.6 Å². The summed E-state index contributed by atoms with van der Waals surface area (Å²) < 4.78 is 13.8. The van der Waals surface area contributed by atoms with Crippen LogP contribution in [0.2, 0.25) is 0 Å².